The average Bonchev–Trinajstić information content (AvgIpc) is 2.26. The van der Waals surface area contributed by atoms with Gasteiger partial charge in [0.1, 0.15) is 6.10 Å². The van der Waals surface area contributed by atoms with E-state index in [0.717, 1.165) is 12.8 Å². The van der Waals surface area contributed by atoms with Crippen molar-refractivity contribution < 1.29 is 9.90 Å². The highest BCUT2D eigenvalue weighted by Gasteiger charge is 2.07. The van der Waals surface area contributed by atoms with Crippen LogP contribution in [0.4, 0.5) is 0 Å². The molecule has 1 N–H and O–H groups in total. The number of carbonyl (C=O) groups is 1. The second-order valence-electron chi connectivity index (χ2n) is 4.74. The molecule has 0 amide bonds. The number of Topliss-reactive ketones (excluding diaryl/α,β-unsaturated/α-hetero) is 1. The number of aliphatic hydroxyl groups excluding tert-OH is 1. The topological polar surface area (TPSA) is 37.3 Å². The van der Waals surface area contributed by atoms with Gasteiger partial charge in [-0.15, -0.1) is 0 Å². The third-order valence-electron chi connectivity index (χ3n) is 3.05. The molecule has 16 heavy (non-hydrogen) atoms. The van der Waals surface area contributed by atoms with Crippen molar-refractivity contribution in [3.8, 4) is 0 Å². The number of rotatable bonds is 11. The van der Waals surface area contributed by atoms with Crippen molar-refractivity contribution >= 4 is 5.78 Å². The molecule has 2 nitrogen and oxygen atoms in total. The maximum atomic E-state index is 10.8. The zero-order valence-electron chi connectivity index (χ0n) is 11.0. The first-order valence-corrected chi connectivity index (χ1v) is 6.87. The van der Waals surface area contributed by atoms with Crippen molar-refractivity contribution in [3.05, 3.63) is 0 Å². The van der Waals surface area contributed by atoms with Crippen LogP contribution in [-0.2, 0) is 4.79 Å². The Morgan fingerprint density at radius 1 is 0.938 bits per heavy atom. The lowest BCUT2D eigenvalue weighted by molar-refractivity contribution is -0.125. The standard InChI is InChI=1S/C14H28O2/c1-3-4-5-6-7-8-9-10-11-12-14(16)13(2)15/h14,16H,3-12H2,1-2H3. The number of hydrogen-bond donors (Lipinski definition) is 1. The SMILES string of the molecule is CCCCCCCCCCCC(O)C(C)=O. The maximum absolute atomic E-state index is 10.8. The Hall–Kier alpha value is -0.370. The summed E-state index contributed by atoms with van der Waals surface area (Å²) in [6.45, 7) is 3.69. The van der Waals surface area contributed by atoms with Crippen LogP contribution in [0.3, 0.4) is 0 Å². The fourth-order valence-corrected chi connectivity index (χ4v) is 1.85. The van der Waals surface area contributed by atoms with Crippen molar-refractivity contribution in [1.82, 2.24) is 0 Å². The zero-order valence-corrected chi connectivity index (χ0v) is 11.0. The molecule has 96 valence electrons. The second-order valence-corrected chi connectivity index (χ2v) is 4.74. The molecule has 0 aromatic rings. The maximum Gasteiger partial charge on any atom is 0.158 e. The monoisotopic (exact) mass is 228 g/mol. The van der Waals surface area contributed by atoms with E-state index in [1.54, 1.807) is 0 Å². The van der Waals surface area contributed by atoms with Crippen LogP contribution in [-0.4, -0.2) is 17.0 Å². The molecule has 0 aromatic heterocycles. The molecule has 0 bridgehead atoms. The number of ketones is 1. The molecule has 0 aromatic carbocycles. The lowest BCUT2D eigenvalue weighted by atomic mass is 10.0. The molecule has 0 aliphatic heterocycles. The molecule has 0 saturated carbocycles. The van der Waals surface area contributed by atoms with E-state index in [1.807, 2.05) is 0 Å². The predicted molar refractivity (Wildman–Crippen MR) is 68.5 cm³/mol. The first-order valence-electron chi connectivity index (χ1n) is 6.87. The quantitative estimate of drug-likeness (QED) is 0.545. The van der Waals surface area contributed by atoms with Gasteiger partial charge in [0.05, 0.1) is 0 Å². The molecule has 0 rings (SSSR count). The summed E-state index contributed by atoms with van der Waals surface area (Å²) in [5.41, 5.74) is 0. The van der Waals surface area contributed by atoms with Crippen LogP contribution in [0.5, 0.6) is 0 Å². The second kappa shape index (κ2) is 11.1. The summed E-state index contributed by atoms with van der Waals surface area (Å²) < 4.78 is 0. The van der Waals surface area contributed by atoms with Gasteiger partial charge in [-0.3, -0.25) is 4.79 Å². The van der Waals surface area contributed by atoms with E-state index < -0.39 is 6.10 Å². The Morgan fingerprint density at radius 3 is 1.81 bits per heavy atom. The molecular weight excluding hydrogens is 200 g/mol. The van der Waals surface area contributed by atoms with Crippen LogP contribution in [0, 0.1) is 0 Å². The summed E-state index contributed by atoms with van der Waals surface area (Å²) in [7, 11) is 0. The predicted octanol–water partition coefficient (Wildman–Crippen LogP) is 3.86. The van der Waals surface area contributed by atoms with Gasteiger partial charge in [0, 0.05) is 0 Å². The highest BCUT2D eigenvalue weighted by molar-refractivity contribution is 5.79. The van der Waals surface area contributed by atoms with Gasteiger partial charge in [-0.25, -0.2) is 0 Å². The molecule has 1 unspecified atom stereocenters. The van der Waals surface area contributed by atoms with Gasteiger partial charge in [-0.05, 0) is 13.3 Å². The van der Waals surface area contributed by atoms with Crippen molar-refractivity contribution in [2.24, 2.45) is 0 Å². The third-order valence-corrected chi connectivity index (χ3v) is 3.05. The summed E-state index contributed by atoms with van der Waals surface area (Å²) >= 11 is 0. The Bertz CT molecular complexity index is 166. The molecule has 0 aliphatic rings. The number of hydrogen-bond acceptors (Lipinski definition) is 2. The van der Waals surface area contributed by atoms with Crippen molar-refractivity contribution in [2.45, 2.75) is 84.2 Å². The van der Waals surface area contributed by atoms with Crippen LogP contribution < -0.4 is 0 Å². The summed E-state index contributed by atoms with van der Waals surface area (Å²) in [4.78, 5) is 10.8. The smallest absolute Gasteiger partial charge is 0.158 e. The van der Waals surface area contributed by atoms with Crippen LogP contribution >= 0.6 is 0 Å². The number of unbranched alkanes of at least 4 members (excludes halogenated alkanes) is 8. The normalized spacial score (nSPS) is 12.7. The van der Waals surface area contributed by atoms with Gasteiger partial charge in [0.25, 0.3) is 0 Å². The molecule has 0 aliphatic carbocycles. The van der Waals surface area contributed by atoms with Gasteiger partial charge in [-0.1, -0.05) is 64.7 Å². The van der Waals surface area contributed by atoms with E-state index in [9.17, 15) is 9.90 Å². The molecule has 0 spiro atoms. The van der Waals surface area contributed by atoms with Gasteiger partial charge < -0.3 is 5.11 Å². The Morgan fingerprint density at radius 2 is 1.38 bits per heavy atom. The van der Waals surface area contributed by atoms with Gasteiger partial charge >= 0.3 is 0 Å². The molecule has 0 fully saturated rings. The molecule has 0 radical (unpaired) electrons. The summed E-state index contributed by atoms with van der Waals surface area (Å²) in [6.07, 6.45) is 11.4. The number of carbonyl (C=O) groups excluding carboxylic acids is 1. The van der Waals surface area contributed by atoms with Gasteiger partial charge in [0.15, 0.2) is 5.78 Å². The molecule has 2 heteroatoms. The van der Waals surface area contributed by atoms with Crippen LogP contribution in [0.15, 0.2) is 0 Å². The zero-order chi connectivity index (χ0) is 12.2. The van der Waals surface area contributed by atoms with Crippen LogP contribution in [0.25, 0.3) is 0 Å². The largest absolute Gasteiger partial charge is 0.385 e. The molecular formula is C14H28O2. The molecule has 1 atom stereocenters. The summed E-state index contributed by atoms with van der Waals surface area (Å²) in [6, 6.07) is 0. The lowest BCUT2D eigenvalue weighted by Gasteiger charge is -2.06. The minimum absolute atomic E-state index is 0.0976. The number of aliphatic hydroxyl groups is 1. The van der Waals surface area contributed by atoms with E-state index in [4.69, 9.17) is 0 Å². The van der Waals surface area contributed by atoms with E-state index in [-0.39, 0.29) is 5.78 Å². The highest BCUT2D eigenvalue weighted by Crippen LogP contribution is 2.11. The fraction of sp³-hybridized carbons (Fsp3) is 0.929. The first kappa shape index (κ1) is 15.6. The summed E-state index contributed by atoms with van der Waals surface area (Å²) in [5, 5.41) is 9.28. The van der Waals surface area contributed by atoms with Crippen molar-refractivity contribution in [3.63, 3.8) is 0 Å². The van der Waals surface area contributed by atoms with E-state index in [2.05, 4.69) is 6.92 Å². The van der Waals surface area contributed by atoms with Gasteiger partial charge in [0.2, 0.25) is 0 Å². The molecule has 0 saturated heterocycles. The van der Waals surface area contributed by atoms with Crippen molar-refractivity contribution in [2.75, 3.05) is 0 Å². The van der Waals surface area contributed by atoms with Crippen LogP contribution in [0.2, 0.25) is 0 Å². The minimum atomic E-state index is -0.718. The minimum Gasteiger partial charge on any atom is -0.385 e. The average molecular weight is 228 g/mol. The molecule has 0 heterocycles. The third kappa shape index (κ3) is 10.2. The Balaban J connectivity index is 3.07. The van der Waals surface area contributed by atoms with Crippen molar-refractivity contribution in [1.29, 1.82) is 0 Å². The van der Waals surface area contributed by atoms with E-state index in [0.29, 0.717) is 6.42 Å². The fourth-order valence-electron chi connectivity index (χ4n) is 1.85. The van der Waals surface area contributed by atoms with Gasteiger partial charge in [-0.2, -0.15) is 0 Å². The highest BCUT2D eigenvalue weighted by atomic mass is 16.3. The Labute approximate surface area is 100 Å². The van der Waals surface area contributed by atoms with E-state index in [1.165, 1.54) is 51.9 Å². The summed E-state index contributed by atoms with van der Waals surface area (Å²) in [5.74, 6) is -0.0976. The van der Waals surface area contributed by atoms with Crippen LogP contribution in [0.1, 0.15) is 78.1 Å². The lowest BCUT2D eigenvalue weighted by Crippen LogP contribution is -2.16. The first-order chi connectivity index (χ1) is 7.68. The Kier molecular flexibility index (Phi) is 10.9. The van der Waals surface area contributed by atoms with E-state index >= 15 is 0 Å².